The fourth-order valence-corrected chi connectivity index (χ4v) is 9.88. The Morgan fingerprint density at radius 2 is 0.879 bits per heavy atom. The van der Waals surface area contributed by atoms with Crippen LogP contribution >= 0.6 is 22.7 Å². The molecule has 0 aliphatic carbocycles. The molecule has 3 heterocycles. The first-order valence-electron chi connectivity index (χ1n) is 21.8. The van der Waals surface area contributed by atoms with E-state index in [1.165, 1.54) is 130 Å². The van der Waals surface area contributed by atoms with Gasteiger partial charge in [0, 0.05) is 36.2 Å². The third-order valence-corrected chi connectivity index (χ3v) is 13.6. The van der Waals surface area contributed by atoms with Gasteiger partial charge in [-0.15, -0.1) is 22.7 Å². The molecule has 0 unspecified atom stereocenters. The predicted octanol–water partition coefficient (Wildman–Crippen LogP) is 16.4. The Labute approximate surface area is 355 Å². The Balaban J connectivity index is 1.36. The Bertz CT molecular complexity index is 2300. The lowest BCUT2D eigenvalue weighted by atomic mass is 9.88. The van der Waals surface area contributed by atoms with Crippen molar-refractivity contribution in [3.8, 4) is 65.5 Å². The first kappa shape index (κ1) is 41.4. The summed E-state index contributed by atoms with van der Waals surface area (Å²) >= 11 is 3.73. The van der Waals surface area contributed by atoms with E-state index in [1.807, 2.05) is 34.8 Å². The number of rotatable bonds is 20. The highest BCUT2D eigenvalue weighted by Crippen LogP contribution is 2.41. The molecular formula is C53H59N3S2. The van der Waals surface area contributed by atoms with Crippen molar-refractivity contribution in [1.29, 1.82) is 0 Å². The second-order valence-corrected chi connectivity index (χ2v) is 18.3. The van der Waals surface area contributed by atoms with Gasteiger partial charge in [-0.3, -0.25) is 0 Å². The van der Waals surface area contributed by atoms with E-state index in [9.17, 15) is 0 Å². The van der Waals surface area contributed by atoms with Gasteiger partial charge in [0.2, 0.25) is 0 Å². The molecule has 0 fully saturated rings. The van der Waals surface area contributed by atoms with Crippen LogP contribution in [0.25, 0.3) is 65.5 Å². The summed E-state index contributed by atoms with van der Waals surface area (Å²) in [7, 11) is 0. The van der Waals surface area contributed by atoms with Crippen LogP contribution in [0.15, 0.2) is 115 Å². The summed E-state index contributed by atoms with van der Waals surface area (Å²) in [6.07, 6.45) is 17.8. The van der Waals surface area contributed by atoms with Gasteiger partial charge in [-0.2, -0.15) is 0 Å². The first-order valence-corrected chi connectivity index (χ1v) is 23.4. The summed E-state index contributed by atoms with van der Waals surface area (Å²) < 4.78 is 0. The van der Waals surface area contributed by atoms with Crippen molar-refractivity contribution in [2.45, 2.75) is 118 Å². The minimum atomic E-state index is 0.684. The van der Waals surface area contributed by atoms with Crippen LogP contribution < -0.4 is 0 Å². The molecule has 0 saturated carbocycles. The van der Waals surface area contributed by atoms with Gasteiger partial charge in [0.05, 0.1) is 0 Å². The first-order chi connectivity index (χ1) is 28.5. The van der Waals surface area contributed by atoms with Gasteiger partial charge in [0.25, 0.3) is 0 Å². The van der Waals surface area contributed by atoms with Crippen LogP contribution in [-0.4, -0.2) is 15.0 Å². The molecule has 5 heteroatoms. The van der Waals surface area contributed by atoms with Gasteiger partial charge in [0.1, 0.15) is 0 Å². The predicted molar refractivity (Wildman–Crippen MR) is 252 cm³/mol. The smallest absolute Gasteiger partial charge is 0.164 e. The molecule has 0 saturated heterocycles. The van der Waals surface area contributed by atoms with Crippen molar-refractivity contribution in [1.82, 2.24) is 15.0 Å². The summed E-state index contributed by atoms with van der Waals surface area (Å²) in [5.41, 5.74) is 11.1. The number of hydrogen-bond acceptors (Lipinski definition) is 5. The number of hydrogen-bond donors (Lipinski definition) is 0. The van der Waals surface area contributed by atoms with Gasteiger partial charge in [-0.1, -0.05) is 151 Å². The van der Waals surface area contributed by atoms with Crippen LogP contribution in [0.2, 0.25) is 0 Å². The highest BCUT2D eigenvalue weighted by atomic mass is 32.1. The Hall–Kier alpha value is -4.71. The van der Waals surface area contributed by atoms with E-state index in [1.54, 1.807) is 0 Å². The van der Waals surface area contributed by atoms with Crippen molar-refractivity contribution in [2.75, 3.05) is 0 Å². The van der Waals surface area contributed by atoms with Gasteiger partial charge in [0.15, 0.2) is 17.5 Å². The van der Waals surface area contributed by atoms with E-state index >= 15 is 0 Å². The minimum absolute atomic E-state index is 0.684. The normalized spacial score (nSPS) is 11.4. The lowest BCUT2D eigenvalue weighted by Gasteiger charge is -2.18. The van der Waals surface area contributed by atoms with Crippen molar-refractivity contribution in [2.24, 2.45) is 0 Å². The molecule has 3 aromatic heterocycles. The topological polar surface area (TPSA) is 38.7 Å². The highest BCUT2D eigenvalue weighted by Gasteiger charge is 2.18. The lowest BCUT2D eigenvalue weighted by Crippen LogP contribution is -2.01. The maximum atomic E-state index is 5.22. The molecule has 0 amide bonds. The molecule has 3 nitrogen and oxygen atoms in total. The zero-order valence-electron chi connectivity index (χ0n) is 35.0. The van der Waals surface area contributed by atoms with Crippen molar-refractivity contribution < 1.29 is 0 Å². The molecule has 0 atom stereocenters. The summed E-state index contributed by atoms with van der Waals surface area (Å²) in [4.78, 5) is 20.7. The van der Waals surface area contributed by atoms with Crippen molar-refractivity contribution in [3.63, 3.8) is 0 Å². The Kier molecular flexibility index (Phi) is 14.9. The Morgan fingerprint density at radius 3 is 1.47 bits per heavy atom. The lowest BCUT2D eigenvalue weighted by molar-refractivity contribution is 0.605. The van der Waals surface area contributed by atoms with Crippen molar-refractivity contribution in [3.05, 3.63) is 137 Å². The number of aromatic nitrogens is 3. The van der Waals surface area contributed by atoms with Crippen LogP contribution in [-0.2, 0) is 12.8 Å². The molecule has 0 aliphatic heterocycles. The number of thiophene rings is 2. The van der Waals surface area contributed by atoms with Crippen LogP contribution in [0.4, 0.5) is 0 Å². The molecule has 298 valence electrons. The molecule has 0 spiro atoms. The van der Waals surface area contributed by atoms with E-state index in [0.29, 0.717) is 17.5 Å². The third kappa shape index (κ3) is 10.9. The van der Waals surface area contributed by atoms with Crippen molar-refractivity contribution >= 4 is 22.7 Å². The van der Waals surface area contributed by atoms with E-state index in [4.69, 9.17) is 15.0 Å². The second-order valence-electron chi connectivity index (χ2n) is 15.9. The molecular weight excluding hydrogens is 743 g/mol. The summed E-state index contributed by atoms with van der Waals surface area (Å²) in [6, 6.07) is 41.8. The Morgan fingerprint density at radius 1 is 0.397 bits per heavy atom. The highest BCUT2D eigenvalue weighted by molar-refractivity contribution is 7.23. The van der Waals surface area contributed by atoms with E-state index < -0.39 is 0 Å². The second kappa shape index (κ2) is 20.8. The van der Waals surface area contributed by atoms with Gasteiger partial charge >= 0.3 is 0 Å². The zero-order valence-corrected chi connectivity index (χ0v) is 36.7. The van der Waals surface area contributed by atoms with E-state index in [0.717, 1.165) is 29.5 Å². The summed E-state index contributed by atoms with van der Waals surface area (Å²) in [5, 5.41) is 0. The largest absolute Gasteiger partial charge is 0.208 e. The van der Waals surface area contributed by atoms with Gasteiger partial charge in [-0.25, -0.2) is 15.0 Å². The average molecular weight is 802 g/mol. The van der Waals surface area contributed by atoms with Crippen LogP contribution in [0.1, 0.15) is 112 Å². The fourth-order valence-electron chi connectivity index (χ4n) is 7.93. The fraction of sp³-hybridized carbons (Fsp3) is 0.340. The van der Waals surface area contributed by atoms with Crippen LogP contribution in [0, 0.1) is 13.8 Å². The number of benzene rings is 4. The summed E-state index contributed by atoms with van der Waals surface area (Å²) in [6.45, 7) is 9.12. The molecule has 7 rings (SSSR count). The van der Waals surface area contributed by atoms with Crippen LogP contribution in [0.3, 0.4) is 0 Å². The quantitative estimate of drug-likeness (QED) is 0.0721. The minimum Gasteiger partial charge on any atom is -0.208 e. The average Bonchev–Trinajstić information content (AvgIpc) is 3.94. The molecule has 4 aromatic carbocycles. The summed E-state index contributed by atoms with van der Waals surface area (Å²) in [5.74, 6) is 2.06. The maximum absolute atomic E-state index is 5.22. The standard InChI is InChI=1S/C53H59N3S2/c1-5-7-9-11-13-17-27-42-37-47(43(33-38(42)3)28-18-14-12-10-8-6-2)44-34-45(48-31-32-50(58-48)49-30-29-39(4)57-49)36-46(35-44)53-55-51(40-23-19-15-20-24-40)54-52(56-53)41-25-21-16-22-26-41/h15-16,19-26,29-37H,5-14,17-18,27-28H2,1-4H3. The monoisotopic (exact) mass is 801 g/mol. The molecule has 0 aliphatic rings. The van der Waals surface area contributed by atoms with Gasteiger partial charge in [-0.05, 0) is 115 Å². The zero-order chi connectivity index (χ0) is 40.1. The molecule has 0 bridgehead atoms. The number of nitrogens with zero attached hydrogens (tertiary/aromatic N) is 3. The number of aryl methyl sites for hydroxylation is 4. The van der Waals surface area contributed by atoms with Gasteiger partial charge < -0.3 is 0 Å². The van der Waals surface area contributed by atoms with Crippen LogP contribution in [0.5, 0.6) is 0 Å². The molecule has 0 radical (unpaired) electrons. The molecule has 7 aromatic rings. The van der Waals surface area contributed by atoms with E-state index in [-0.39, 0.29) is 0 Å². The number of unbranched alkanes of at least 4 members (excludes halogenated alkanes) is 10. The molecule has 58 heavy (non-hydrogen) atoms. The SMILES string of the molecule is CCCCCCCCc1cc(-c2cc(-c3nc(-c4ccccc4)nc(-c4ccccc4)n3)cc(-c3ccc(-c4ccc(C)s4)s3)c2)c(CCCCCCCC)cc1C. The van der Waals surface area contributed by atoms with E-state index in [2.05, 4.69) is 131 Å². The maximum Gasteiger partial charge on any atom is 0.164 e. The third-order valence-electron chi connectivity index (χ3n) is 11.2. The molecule has 0 N–H and O–H groups in total.